The van der Waals surface area contributed by atoms with Crippen LogP contribution in [-0.2, 0) is 19.0 Å². The molecule has 11 heteroatoms. The van der Waals surface area contributed by atoms with Crippen LogP contribution in [0.1, 0.15) is 67.2 Å². The van der Waals surface area contributed by atoms with E-state index in [-0.39, 0.29) is 17.1 Å². The van der Waals surface area contributed by atoms with Crippen molar-refractivity contribution in [3.63, 3.8) is 0 Å². The molecule has 2 amide bonds. The molecule has 0 saturated carbocycles. The van der Waals surface area contributed by atoms with Crippen LogP contribution >= 0.6 is 11.8 Å². The quantitative estimate of drug-likeness (QED) is 0.276. The molecule has 3 saturated heterocycles. The Hall–Kier alpha value is -1.81. The molecule has 43 heavy (non-hydrogen) atoms. The van der Waals surface area contributed by atoms with Crippen LogP contribution in [0, 0.1) is 36.0 Å². The first-order valence-corrected chi connectivity index (χ1v) is 16.5. The van der Waals surface area contributed by atoms with Gasteiger partial charge < -0.3 is 34.8 Å². The molecular formula is C32H50N2O8S. The van der Waals surface area contributed by atoms with E-state index in [0.717, 1.165) is 19.3 Å². The summed E-state index contributed by atoms with van der Waals surface area (Å²) in [6, 6.07) is -1.73. The van der Waals surface area contributed by atoms with E-state index in [4.69, 9.17) is 20.6 Å². The number of rotatable bonds is 4. The zero-order valence-electron chi connectivity index (χ0n) is 26.2. The number of nitrogens with zero attached hydrogens (tertiary/aromatic N) is 1. The number of aliphatic hydroxyl groups is 3. The molecule has 4 rings (SSSR count). The Labute approximate surface area is 260 Å². The van der Waals surface area contributed by atoms with Crippen LogP contribution in [0.5, 0.6) is 0 Å². The van der Waals surface area contributed by atoms with Crippen LogP contribution in [0.15, 0.2) is 12.2 Å². The van der Waals surface area contributed by atoms with Gasteiger partial charge in [0, 0.05) is 19.1 Å². The van der Waals surface area contributed by atoms with E-state index >= 15 is 0 Å². The van der Waals surface area contributed by atoms with E-state index in [2.05, 4.69) is 25.1 Å². The Morgan fingerprint density at radius 2 is 1.91 bits per heavy atom. The fourth-order valence-corrected chi connectivity index (χ4v) is 7.98. The van der Waals surface area contributed by atoms with Gasteiger partial charge in [-0.05, 0) is 64.2 Å². The molecule has 4 heterocycles. The monoisotopic (exact) mass is 622 g/mol. The number of hydrogen-bond donors (Lipinski definition) is 4. The summed E-state index contributed by atoms with van der Waals surface area (Å²) >= 11 is 1.20. The lowest BCUT2D eigenvalue weighted by atomic mass is 9.85. The number of thioether (sulfide) groups is 1. The van der Waals surface area contributed by atoms with Crippen molar-refractivity contribution in [3.05, 3.63) is 12.2 Å². The largest absolute Gasteiger partial charge is 0.444 e. The van der Waals surface area contributed by atoms with Gasteiger partial charge in [-0.25, -0.2) is 4.79 Å². The van der Waals surface area contributed by atoms with Gasteiger partial charge in [0.2, 0.25) is 5.91 Å². The van der Waals surface area contributed by atoms with Crippen LogP contribution in [0.3, 0.4) is 0 Å². The maximum absolute atomic E-state index is 14.3. The first kappa shape index (κ1) is 34.1. The van der Waals surface area contributed by atoms with E-state index in [1.807, 2.05) is 19.1 Å². The first-order chi connectivity index (χ1) is 20.2. The second-order valence-electron chi connectivity index (χ2n) is 14.0. The van der Waals surface area contributed by atoms with E-state index in [0.29, 0.717) is 31.4 Å². The summed E-state index contributed by atoms with van der Waals surface area (Å²) in [5, 5.41) is 35.3. The van der Waals surface area contributed by atoms with Crippen molar-refractivity contribution in [3.8, 4) is 12.3 Å². The Morgan fingerprint density at radius 3 is 2.56 bits per heavy atom. The Bertz CT molecular complexity index is 1060. The summed E-state index contributed by atoms with van der Waals surface area (Å²) in [4.78, 5) is 29.3. The number of fused-ring (bicyclic) bond motifs is 3. The zero-order chi connectivity index (χ0) is 31.6. The van der Waals surface area contributed by atoms with Gasteiger partial charge in [-0.3, -0.25) is 9.69 Å². The molecule has 0 spiro atoms. The SMILES string of the molecule is C#C[C@@H]1C/C=C\[C@@H](C)[C@@H](NC(=O)[C@@H]2[C@@H]3OCC[C@@H](CC(C)C)C[C@H]3CN2C(=O)OC(C)(C)C)[C@H]2O[C@H](S1)[C@H](O)[C@@H](O)[C@H]2O. The number of nitrogens with one attached hydrogen (secondary N) is 1. The highest BCUT2D eigenvalue weighted by molar-refractivity contribution is 8.00. The van der Waals surface area contributed by atoms with Gasteiger partial charge in [-0.2, -0.15) is 0 Å². The van der Waals surface area contributed by atoms with Crippen LogP contribution < -0.4 is 5.32 Å². The second kappa shape index (κ2) is 14.1. The van der Waals surface area contributed by atoms with E-state index in [1.54, 1.807) is 20.8 Å². The lowest BCUT2D eigenvalue weighted by Gasteiger charge is -2.45. The van der Waals surface area contributed by atoms with Gasteiger partial charge >= 0.3 is 6.09 Å². The van der Waals surface area contributed by atoms with Crippen LogP contribution in [0.4, 0.5) is 4.79 Å². The van der Waals surface area contributed by atoms with Gasteiger partial charge in [0.1, 0.15) is 41.5 Å². The number of terminal acetylenes is 1. The number of allylic oxidation sites excluding steroid dienone is 1. The van der Waals surface area contributed by atoms with E-state index in [1.165, 1.54) is 16.7 Å². The van der Waals surface area contributed by atoms with Gasteiger partial charge in [-0.1, -0.05) is 38.8 Å². The van der Waals surface area contributed by atoms with Crippen molar-refractivity contribution < 1.29 is 39.1 Å². The highest BCUT2D eigenvalue weighted by Crippen LogP contribution is 2.39. The van der Waals surface area contributed by atoms with Gasteiger partial charge in [0.25, 0.3) is 0 Å². The molecule has 4 N–H and O–H groups in total. The van der Waals surface area contributed by atoms with Crippen molar-refractivity contribution in [2.24, 2.45) is 23.7 Å². The Morgan fingerprint density at radius 1 is 1.19 bits per heavy atom. The molecule has 2 bridgehead atoms. The fraction of sp³-hybridized carbons (Fsp3) is 0.812. The molecule has 12 atom stereocenters. The second-order valence-corrected chi connectivity index (χ2v) is 15.3. The number of hydrogen-bond acceptors (Lipinski definition) is 9. The number of amides is 2. The Balaban J connectivity index is 1.64. The third kappa shape index (κ3) is 8.08. The van der Waals surface area contributed by atoms with Crippen LogP contribution in [0.2, 0.25) is 0 Å². The maximum Gasteiger partial charge on any atom is 0.411 e. The first-order valence-electron chi connectivity index (χ1n) is 15.6. The minimum Gasteiger partial charge on any atom is -0.444 e. The van der Waals surface area contributed by atoms with Crippen LogP contribution in [0.25, 0.3) is 0 Å². The normalized spacial score (nSPS) is 41.0. The standard InChI is InChI=1S/C32H50N2O8S/c1-8-21-11-9-10-18(4)22(28-25(36)24(35)26(37)30(41-28)43-21)33-29(38)23-27-20(15-19(12-13-40-27)14-17(2)3)16-34(23)31(39)42-32(5,6)7/h1,9-10,17-28,30,35-37H,11-16H2,2-7H3,(H,33,38)/b10-9-/t18-,19+,20+,21-,22-,23+,24+,25-,26-,27-,28-,30-/m1/s1. The molecule has 0 radical (unpaired) electrons. The average Bonchev–Trinajstić information content (AvgIpc) is 3.16. The van der Waals surface area contributed by atoms with Crippen molar-refractivity contribution in [1.29, 1.82) is 0 Å². The number of carbonyl (C=O) groups excluding carboxylic acids is 2. The van der Waals surface area contributed by atoms with Crippen molar-refractivity contribution in [2.45, 2.75) is 126 Å². The third-order valence-electron chi connectivity index (χ3n) is 8.83. The highest BCUT2D eigenvalue weighted by atomic mass is 32.2. The minimum absolute atomic E-state index is 0.0362. The van der Waals surface area contributed by atoms with Gasteiger partial charge in [0.15, 0.2) is 0 Å². The molecule has 3 fully saturated rings. The van der Waals surface area contributed by atoms with Crippen LogP contribution in [-0.4, -0.2) is 104 Å². The molecule has 242 valence electrons. The molecular weight excluding hydrogens is 572 g/mol. The highest BCUT2D eigenvalue weighted by Gasteiger charge is 2.53. The fourth-order valence-electron chi connectivity index (χ4n) is 6.84. The zero-order valence-corrected chi connectivity index (χ0v) is 27.0. The predicted octanol–water partition coefficient (Wildman–Crippen LogP) is 2.69. The summed E-state index contributed by atoms with van der Waals surface area (Å²) in [5.41, 5.74) is -1.65. The summed E-state index contributed by atoms with van der Waals surface area (Å²) in [6.07, 6.45) is 6.36. The molecule has 4 aliphatic heterocycles. The topological polar surface area (TPSA) is 138 Å². The van der Waals surface area contributed by atoms with Gasteiger partial charge in [-0.15, -0.1) is 18.2 Å². The smallest absolute Gasteiger partial charge is 0.411 e. The summed E-state index contributed by atoms with van der Waals surface area (Å²) < 4.78 is 18.2. The lowest BCUT2D eigenvalue weighted by molar-refractivity contribution is -0.207. The molecule has 0 aromatic rings. The van der Waals surface area contributed by atoms with E-state index in [9.17, 15) is 24.9 Å². The number of aliphatic hydroxyl groups excluding tert-OH is 3. The predicted molar refractivity (Wildman–Crippen MR) is 164 cm³/mol. The summed E-state index contributed by atoms with van der Waals surface area (Å²) in [6.45, 7) is 12.5. The molecule has 0 aromatic carbocycles. The summed E-state index contributed by atoms with van der Waals surface area (Å²) in [7, 11) is 0. The molecule has 0 aromatic heterocycles. The molecule has 4 aliphatic rings. The number of likely N-dealkylation sites (tertiary alicyclic amines) is 1. The van der Waals surface area contributed by atoms with Crippen molar-refractivity contribution >= 4 is 23.8 Å². The lowest BCUT2D eigenvalue weighted by Crippen LogP contribution is -2.65. The number of carbonyl (C=O) groups is 2. The summed E-state index contributed by atoms with van der Waals surface area (Å²) in [5.74, 6) is 2.83. The minimum atomic E-state index is -1.50. The van der Waals surface area contributed by atoms with E-state index < -0.39 is 65.6 Å². The Kier molecular flexibility index (Phi) is 11.2. The maximum atomic E-state index is 14.3. The number of ether oxygens (including phenoxy) is 3. The molecule has 0 unspecified atom stereocenters. The van der Waals surface area contributed by atoms with Crippen molar-refractivity contribution in [1.82, 2.24) is 10.2 Å². The average molecular weight is 623 g/mol. The molecule has 0 aliphatic carbocycles. The third-order valence-corrected chi connectivity index (χ3v) is 10.1. The van der Waals surface area contributed by atoms with Crippen molar-refractivity contribution in [2.75, 3.05) is 13.2 Å². The van der Waals surface area contributed by atoms with Gasteiger partial charge in [0.05, 0.1) is 17.4 Å². The molecule has 10 nitrogen and oxygen atoms in total.